The summed E-state index contributed by atoms with van der Waals surface area (Å²) in [5.41, 5.74) is 1.07. The topological polar surface area (TPSA) is 68.2 Å². The second-order valence-electron chi connectivity index (χ2n) is 11.7. The molecule has 10 heteroatoms. The van der Waals surface area contributed by atoms with Gasteiger partial charge in [0.05, 0.1) is 65.4 Å². The van der Waals surface area contributed by atoms with Gasteiger partial charge < -0.3 is 52.5 Å². The Bertz CT molecular complexity index is 1010. The predicted octanol–water partition coefficient (Wildman–Crippen LogP) is -2.07. The van der Waals surface area contributed by atoms with E-state index in [1.807, 2.05) is 12.1 Å². The molecule has 40 heavy (non-hydrogen) atoms. The van der Waals surface area contributed by atoms with E-state index in [1.54, 1.807) is 12.1 Å². The van der Waals surface area contributed by atoms with E-state index in [1.165, 1.54) is 43.4 Å². The summed E-state index contributed by atoms with van der Waals surface area (Å²) in [5, 5.41) is 3.81. The van der Waals surface area contributed by atoms with Crippen molar-refractivity contribution in [1.29, 1.82) is 0 Å². The fraction of sp³-hybridized carbons (Fsp3) is 0.633. The number of imide groups is 1. The molecule has 0 N–H and O–H groups in total. The van der Waals surface area contributed by atoms with Gasteiger partial charge in [0.2, 0.25) is 5.90 Å². The summed E-state index contributed by atoms with van der Waals surface area (Å²) in [6.45, 7) is 5.51. The fourth-order valence-corrected chi connectivity index (χ4v) is 4.91. The molecule has 0 fully saturated rings. The van der Waals surface area contributed by atoms with Crippen molar-refractivity contribution in [2.45, 2.75) is 51.4 Å². The van der Waals surface area contributed by atoms with E-state index in [9.17, 15) is 9.59 Å². The van der Waals surface area contributed by atoms with E-state index in [0.717, 1.165) is 48.0 Å². The van der Waals surface area contributed by atoms with Crippen molar-refractivity contribution in [3.63, 3.8) is 0 Å². The minimum Gasteiger partial charge on any atom is -1.00 e. The quantitative estimate of drug-likeness (QED) is 0.0922. The smallest absolute Gasteiger partial charge is 0.261 e. The maximum absolute atomic E-state index is 12.5. The molecule has 224 valence electrons. The summed E-state index contributed by atoms with van der Waals surface area (Å²) in [6.07, 6.45) is 9.05. The molecule has 0 aliphatic carbocycles. The molecule has 0 unspecified atom stereocenters. The zero-order valence-electron chi connectivity index (χ0n) is 24.6. The Balaban J connectivity index is 0.00000400. The maximum Gasteiger partial charge on any atom is 0.261 e. The Morgan fingerprint density at radius 3 is 1.95 bits per heavy atom. The minimum atomic E-state index is -0.151. The molecular weight excluding hydrogens is 640 g/mol. The average Bonchev–Trinajstić information content (AvgIpc) is 3.48. The molecular formula is C30H46Br2N4O4. The standard InChI is InChI=1S/C30H46N4O4.2BrH/c1-33(2,22-13-14-24-37-28-18-25-38-31-28)20-11-7-5-6-8-12-21-34(3,4)23-15-19-32-29(35)26-16-9-10-17-27(26)30(32)36;;/h9-10,16-17H,5-8,11-12,15,18-25H2,1-4H3;2*1H/q+2;;/p-2. The number of carbonyl (C=O) groups is 2. The molecule has 8 nitrogen and oxygen atoms in total. The molecule has 3 rings (SSSR count). The van der Waals surface area contributed by atoms with E-state index < -0.39 is 0 Å². The lowest BCUT2D eigenvalue weighted by Gasteiger charge is -2.30. The number of carbonyl (C=O) groups excluding carboxylic acids is 2. The average molecular weight is 687 g/mol. The third kappa shape index (κ3) is 11.9. The van der Waals surface area contributed by atoms with Crippen LogP contribution in [0.15, 0.2) is 29.4 Å². The summed E-state index contributed by atoms with van der Waals surface area (Å²) < 4.78 is 7.29. The van der Waals surface area contributed by atoms with Gasteiger partial charge in [0, 0.05) is 13.0 Å². The first-order valence-corrected chi connectivity index (χ1v) is 14.1. The molecule has 0 saturated heterocycles. The van der Waals surface area contributed by atoms with Gasteiger partial charge >= 0.3 is 0 Å². The first-order chi connectivity index (χ1) is 18.2. The van der Waals surface area contributed by atoms with Gasteiger partial charge in [0.25, 0.3) is 11.8 Å². The van der Waals surface area contributed by atoms with Gasteiger partial charge in [0.15, 0.2) is 6.61 Å². The minimum absolute atomic E-state index is 0. The normalized spacial score (nSPS) is 14.4. The van der Waals surface area contributed by atoms with Crippen LogP contribution in [0, 0.1) is 11.8 Å². The van der Waals surface area contributed by atoms with Crippen molar-refractivity contribution in [3.8, 4) is 11.8 Å². The molecule has 0 aromatic heterocycles. The number of hydrogen-bond donors (Lipinski definition) is 0. The van der Waals surface area contributed by atoms with Gasteiger partial charge in [-0.3, -0.25) is 14.5 Å². The van der Waals surface area contributed by atoms with Crippen LogP contribution >= 0.6 is 0 Å². The van der Waals surface area contributed by atoms with Crippen molar-refractivity contribution in [1.82, 2.24) is 4.90 Å². The van der Waals surface area contributed by atoms with Crippen LogP contribution in [0.3, 0.4) is 0 Å². The number of halogens is 2. The summed E-state index contributed by atoms with van der Waals surface area (Å²) in [5.74, 6) is 6.66. The molecule has 0 spiro atoms. The number of rotatable bonds is 15. The van der Waals surface area contributed by atoms with Crippen LogP contribution in [0.4, 0.5) is 0 Å². The summed E-state index contributed by atoms with van der Waals surface area (Å²) >= 11 is 0. The van der Waals surface area contributed by atoms with Gasteiger partial charge in [-0.05, 0) is 43.7 Å². The molecule has 0 atom stereocenters. The van der Waals surface area contributed by atoms with Gasteiger partial charge in [-0.1, -0.05) is 36.1 Å². The van der Waals surface area contributed by atoms with Crippen molar-refractivity contribution < 1.29 is 62.1 Å². The Morgan fingerprint density at radius 1 is 0.825 bits per heavy atom. The first kappa shape index (κ1) is 36.1. The number of hydrogen-bond acceptors (Lipinski definition) is 5. The van der Waals surface area contributed by atoms with Crippen LogP contribution in [0.1, 0.15) is 72.1 Å². The van der Waals surface area contributed by atoms with Crippen LogP contribution in [0.25, 0.3) is 0 Å². The Morgan fingerprint density at radius 2 is 1.38 bits per heavy atom. The zero-order valence-corrected chi connectivity index (χ0v) is 27.8. The van der Waals surface area contributed by atoms with Crippen LogP contribution in [0.2, 0.25) is 0 Å². The van der Waals surface area contributed by atoms with Crippen LogP contribution in [-0.4, -0.2) is 106 Å². The van der Waals surface area contributed by atoms with Crippen molar-refractivity contribution >= 4 is 17.7 Å². The fourth-order valence-electron chi connectivity index (χ4n) is 4.91. The van der Waals surface area contributed by atoms with Crippen LogP contribution < -0.4 is 34.0 Å². The van der Waals surface area contributed by atoms with E-state index in [-0.39, 0.29) is 45.8 Å². The molecule has 2 heterocycles. The number of ether oxygens (including phenoxy) is 1. The lowest BCUT2D eigenvalue weighted by atomic mass is 10.1. The number of quaternary nitrogens is 2. The van der Waals surface area contributed by atoms with Gasteiger partial charge in [-0.15, -0.1) is 0 Å². The van der Waals surface area contributed by atoms with Crippen molar-refractivity contribution in [2.75, 3.05) is 74.1 Å². The SMILES string of the molecule is C[N+](C)(CC#CCOC1=NOCC1)CCCCCCCC[N+](C)(C)CCCN1C(=O)c2ccccc2C1=O.[Br-].[Br-]. The highest BCUT2D eigenvalue weighted by Crippen LogP contribution is 2.22. The van der Waals surface area contributed by atoms with E-state index >= 15 is 0 Å². The Labute approximate surface area is 261 Å². The molecule has 0 saturated carbocycles. The lowest BCUT2D eigenvalue weighted by Crippen LogP contribution is -3.00. The highest BCUT2D eigenvalue weighted by Gasteiger charge is 2.34. The van der Waals surface area contributed by atoms with Crippen molar-refractivity contribution in [2.24, 2.45) is 5.16 Å². The number of oxime groups is 1. The van der Waals surface area contributed by atoms with E-state index in [4.69, 9.17) is 9.57 Å². The van der Waals surface area contributed by atoms with E-state index in [0.29, 0.717) is 36.8 Å². The van der Waals surface area contributed by atoms with Gasteiger partial charge in [-0.2, -0.15) is 0 Å². The predicted molar refractivity (Wildman–Crippen MR) is 150 cm³/mol. The largest absolute Gasteiger partial charge is 1.00 e. The highest BCUT2D eigenvalue weighted by atomic mass is 79.9. The Kier molecular flexibility index (Phi) is 16.1. The summed E-state index contributed by atoms with van der Waals surface area (Å²) in [4.78, 5) is 31.4. The summed E-state index contributed by atoms with van der Waals surface area (Å²) in [6, 6.07) is 7.11. The molecule has 0 bridgehead atoms. The lowest BCUT2D eigenvalue weighted by molar-refractivity contribution is -0.890. The second kappa shape index (κ2) is 17.8. The number of nitrogens with zero attached hydrogens (tertiary/aromatic N) is 4. The number of unbranched alkanes of at least 4 members (excludes halogenated alkanes) is 5. The van der Waals surface area contributed by atoms with E-state index in [2.05, 4.69) is 45.2 Å². The van der Waals surface area contributed by atoms with Crippen molar-refractivity contribution in [3.05, 3.63) is 35.4 Å². The molecule has 2 aliphatic heterocycles. The molecule has 2 aliphatic rings. The monoisotopic (exact) mass is 684 g/mol. The van der Waals surface area contributed by atoms with Crippen LogP contribution in [0.5, 0.6) is 0 Å². The summed E-state index contributed by atoms with van der Waals surface area (Å²) in [7, 11) is 8.96. The zero-order chi connectivity index (χ0) is 27.4. The number of fused-ring (bicyclic) bond motifs is 1. The first-order valence-electron chi connectivity index (χ1n) is 14.1. The highest BCUT2D eigenvalue weighted by molar-refractivity contribution is 6.21. The number of amides is 2. The third-order valence-corrected chi connectivity index (χ3v) is 7.32. The van der Waals surface area contributed by atoms with Gasteiger partial charge in [-0.25, -0.2) is 0 Å². The van der Waals surface area contributed by atoms with Gasteiger partial charge in [0.1, 0.15) is 13.2 Å². The molecule has 2 amide bonds. The molecule has 1 aromatic rings. The third-order valence-electron chi connectivity index (χ3n) is 7.32. The molecule has 0 radical (unpaired) electrons. The molecule has 1 aromatic carbocycles. The number of benzene rings is 1. The van der Waals surface area contributed by atoms with Crippen LogP contribution in [-0.2, 0) is 9.57 Å². The Hall–Kier alpha value is -1.93. The maximum atomic E-state index is 12.5. The second-order valence-corrected chi connectivity index (χ2v) is 11.7.